The lowest BCUT2D eigenvalue weighted by Gasteiger charge is -2.19. The number of benzene rings is 1. The minimum atomic E-state index is 0.499. The highest BCUT2D eigenvalue weighted by molar-refractivity contribution is 5.91. The molecule has 0 atom stereocenters. The molecule has 0 saturated carbocycles. The smallest absolute Gasteiger partial charge is 0.223 e. The highest BCUT2D eigenvalue weighted by Crippen LogP contribution is 2.38. The highest BCUT2D eigenvalue weighted by atomic mass is 15.3. The van der Waals surface area contributed by atoms with Crippen LogP contribution in [-0.2, 0) is 6.54 Å². The summed E-state index contributed by atoms with van der Waals surface area (Å²) in [6.45, 7) is 6.16. The van der Waals surface area contributed by atoms with Crippen LogP contribution in [0.1, 0.15) is 24.6 Å². The van der Waals surface area contributed by atoms with E-state index in [4.69, 9.17) is 0 Å². The largest absolute Gasteiger partial charge is 0.354 e. The van der Waals surface area contributed by atoms with Crippen LogP contribution in [0.3, 0.4) is 0 Å². The molecule has 1 aliphatic rings. The predicted molar refractivity (Wildman–Crippen MR) is 116 cm³/mol. The van der Waals surface area contributed by atoms with Gasteiger partial charge < -0.3 is 15.5 Å². The highest BCUT2D eigenvalue weighted by Gasteiger charge is 2.27. The van der Waals surface area contributed by atoms with Crippen molar-refractivity contribution >= 4 is 22.9 Å². The van der Waals surface area contributed by atoms with Gasteiger partial charge in [-0.2, -0.15) is 10.4 Å². The zero-order valence-electron chi connectivity index (χ0n) is 17.0. The van der Waals surface area contributed by atoms with Crippen molar-refractivity contribution in [1.82, 2.24) is 24.7 Å². The van der Waals surface area contributed by atoms with E-state index in [1.165, 1.54) is 6.33 Å². The third kappa shape index (κ3) is 3.80. The fraction of sp³-hybridized carbons (Fsp3) is 0.286. The molecule has 0 bridgehead atoms. The van der Waals surface area contributed by atoms with Crippen LogP contribution in [0, 0.1) is 18.3 Å². The molecule has 9 heteroatoms. The number of nitrogens with zero attached hydrogens (tertiary/aromatic N) is 7. The fourth-order valence-corrected chi connectivity index (χ4v) is 3.44. The second-order valence-electron chi connectivity index (χ2n) is 6.89. The van der Waals surface area contributed by atoms with Gasteiger partial charge in [0.2, 0.25) is 5.95 Å². The number of rotatable bonds is 7. The lowest BCUT2D eigenvalue weighted by molar-refractivity contribution is 0.589. The van der Waals surface area contributed by atoms with Crippen LogP contribution < -0.4 is 15.5 Å². The first-order chi connectivity index (χ1) is 14.7. The van der Waals surface area contributed by atoms with Crippen molar-refractivity contribution in [2.45, 2.75) is 26.8 Å². The molecule has 0 spiro atoms. The van der Waals surface area contributed by atoms with Gasteiger partial charge in [0.05, 0.1) is 17.1 Å². The summed E-state index contributed by atoms with van der Waals surface area (Å²) in [6.07, 6.45) is 5.81. The molecule has 9 nitrogen and oxygen atoms in total. The summed E-state index contributed by atoms with van der Waals surface area (Å²) in [5, 5.41) is 20.7. The van der Waals surface area contributed by atoms with Gasteiger partial charge in [0.1, 0.15) is 30.1 Å². The molecule has 0 unspecified atom stereocenters. The Kier molecular flexibility index (Phi) is 5.57. The fourth-order valence-electron chi connectivity index (χ4n) is 3.44. The third-order valence-corrected chi connectivity index (χ3v) is 4.90. The van der Waals surface area contributed by atoms with Crippen LogP contribution in [0.4, 0.5) is 17.3 Å². The zero-order valence-corrected chi connectivity index (χ0v) is 17.0. The first kappa shape index (κ1) is 19.4. The van der Waals surface area contributed by atoms with Gasteiger partial charge in [0, 0.05) is 25.8 Å². The van der Waals surface area contributed by atoms with Gasteiger partial charge in [0.25, 0.3) is 0 Å². The maximum atomic E-state index is 10.00. The number of allylic oxidation sites excluding steroid dienone is 1. The van der Waals surface area contributed by atoms with Crippen LogP contribution in [0.25, 0.3) is 5.57 Å². The number of hydrogen-bond donors (Lipinski definition) is 2. The Morgan fingerprint density at radius 3 is 2.93 bits per heavy atom. The quantitative estimate of drug-likeness (QED) is 0.459. The van der Waals surface area contributed by atoms with Crippen LogP contribution in [-0.4, -0.2) is 37.8 Å². The lowest BCUT2D eigenvalue weighted by Crippen LogP contribution is -2.22. The molecule has 0 amide bonds. The second kappa shape index (κ2) is 8.61. The topological polar surface area (TPSA) is 108 Å². The van der Waals surface area contributed by atoms with E-state index in [-0.39, 0.29) is 0 Å². The van der Waals surface area contributed by atoms with Crippen LogP contribution in [0.5, 0.6) is 0 Å². The molecule has 0 radical (unpaired) electrons. The van der Waals surface area contributed by atoms with Crippen molar-refractivity contribution in [2.75, 3.05) is 28.6 Å². The monoisotopic (exact) mass is 401 g/mol. The van der Waals surface area contributed by atoms with Gasteiger partial charge in [-0.3, -0.25) is 4.68 Å². The van der Waals surface area contributed by atoms with E-state index < -0.39 is 0 Å². The molecule has 3 heterocycles. The van der Waals surface area contributed by atoms with Crippen LogP contribution in [0.2, 0.25) is 0 Å². The molecule has 2 aromatic heterocycles. The molecular weight excluding hydrogens is 378 g/mol. The minimum Gasteiger partial charge on any atom is -0.354 e. The summed E-state index contributed by atoms with van der Waals surface area (Å²) in [6, 6.07) is 10.4. The molecule has 3 aromatic rings. The first-order valence-electron chi connectivity index (χ1n) is 9.89. The number of anilines is 3. The number of aromatic nitrogens is 5. The molecule has 2 N–H and O–H groups in total. The predicted octanol–water partition coefficient (Wildman–Crippen LogP) is 3.02. The lowest BCUT2D eigenvalue weighted by atomic mass is 10.1. The Morgan fingerprint density at radius 2 is 2.17 bits per heavy atom. The summed E-state index contributed by atoms with van der Waals surface area (Å²) in [5.41, 5.74) is 4.01. The Morgan fingerprint density at radius 1 is 1.30 bits per heavy atom. The summed E-state index contributed by atoms with van der Waals surface area (Å²) < 4.78 is 1.78. The molecule has 0 fully saturated rings. The molecular formula is C21H23N9. The average molecular weight is 401 g/mol. The molecule has 0 aliphatic carbocycles. The van der Waals surface area contributed by atoms with E-state index in [0.29, 0.717) is 23.8 Å². The molecule has 0 saturated heterocycles. The third-order valence-electron chi connectivity index (χ3n) is 4.90. The van der Waals surface area contributed by atoms with Crippen molar-refractivity contribution in [3.05, 3.63) is 60.2 Å². The number of hydrogen-bond acceptors (Lipinski definition) is 8. The summed E-state index contributed by atoms with van der Waals surface area (Å²) in [5.74, 6) is 1.25. The van der Waals surface area contributed by atoms with E-state index in [1.54, 1.807) is 17.2 Å². The van der Waals surface area contributed by atoms with Gasteiger partial charge in [-0.15, -0.1) is 0 Å². The number of nitriles is 1. The van der Waals surface area contributed by atoms with E-state index in [2.05, 4.69) is 48.6 Å². The van der Waals surface area contributed by atoms with Crippen LogP contribution >= 0.6 is 0 Å². The van der Waals surface area contributed by atoms with E-state index in [1.807, 2.05) is 31.2 Å². The Balaban J connectivity index is 1.57. The van der Waals surface area contributed by atoms with Gasteiger partial charge >= 0.3 is 0 Å². The number of para-hydroxylation sites is 2. The van der Waals surface area contributed by atoms with Gasteiger partial charge in [-0.05, 0) is 38.0 Å². The summed E-state index contributed by atoms with van der Waals surface area (Å²) >= 11 is 0. The van der Waals surface area contributed by atoms with E-state index in [0.717, 1.165) is 42.3 Å². The number of fused-ring (bicyclic) bond motifs is 1. The van der Waals surface area contributed by atoms with E-state index >= 15 is 0 Å². The maximum Gasteiger partial charge on any atom is 0.223 e. The zero-order chi connectivity index (χ0) is 20.9. The van der Waals surface area contributed by atoms with E-state index in [9.17, 15) is 5.26 Å². The van der Waals surface area contributed by atoms with Crippen molar-refractivity contribution in [2.24, 2.45) is 0 Å². The summed E-state index contributed by atoms with van der Waals surface area (Å²) in [4.78, 5) is 15.1. The van der Waals surface area contributed by atoms with Gasteiger partial charge in [-0.1, -0.05) is 12.1 Å². The second-order valence-corrected chi connectivity index (χ2v) is 6.89. The standard InChI is InChI=1S/C21H23N9/c1-3-30-18-8-5-4-7-17(18)27-20(30)16(11-22)19-15(2)12-25-21(28-19)24-9-6-10-29-14-23-13-26-29/h4-5,7-8,12-14,27H,3,6,9-10H2,1-2H3,(H,24,25,28). The Labute approximate surface area is 175 Å². The first-order valence-corrected chi connectivity index (χ1v) is 9.89. The molecule has 1 aromatic carbocycles. The van der Waals surface area contributed by atoms with Crippen molar-refractivity contribution in [1.29, 1.82) is 5.26 Å². The SMILES string of the molecule is CCN1C(=C(C#N)c2nc(NCCCn3cncn3)ncc2C)Nc2ccccc21. The van der Waals surface area contributed by atoms with Crippen molar-refractivity contribution < 1.29 is 0 Å². The van der Waals surface area contributed by atoms with Crippen molar-refractivity contribution in [3.63, 3.8) is 0 Å². The summed E-state index contributed by atoms with van der Waals surface area (Å²) in [7, 11) is 0. The number of aryl methyl sites for hydroxylation is 2. The Bertz CT molecular complexity index is 1100. The molecule has 30 heavy (non-hydrogen) atoms. The normalized spacial score (nSPS) is 14.1. The Hall–Kier alpha value is -3.93. The minimum absolute atomic E-state index is 0.499. The van der Waals surface area contributed by atoms with Gasteiger partial charge in [-0.25, -0.2) is 15.0 Å². The van der Waals surface area contributed by atoms with Crippen LogP contribution in [0.15, 0.2) is 48.9 Å². The molecule has 152 valence electrons. The van der Waals surface area contributed by atoms with Gasteiger partial charge in [0.15, 0.2) is 0 Å². The molecule has 4 rings (SSSR count). The molecule has 1 aliphatic heterocycles. The van der Waals surface area contributed by atoms with Crippen molar-refractivity contribution in [3.8, 4) is 6.07 Å². The number of nitrogens with one attached hydrogen (secondary N) is 2. The average Bonchev–Trinajstić information content (AvgIpc) is 3.41. The maximum absolute atomic E-state index is 10.00.